The third-order valence-corrected chi connectivity index (χ3v) is 3.00. The number of anilines is 1. The predicted octanol–water partition coefficient (Wildman–Crippen LogP) is 3.11. The van der Waals surface area contributed by atoms with Crippen molar-refractivity contribution in [3.63, 3.8) is 0 Å². The zero-order valence-corrected chi connectivity index (χ0v) is 12.2. The third-order valence-electron chi connectivity index (χ3n) is 3.00. The van der Waals surface area contributed by atoms with Crippen LogP contribution in [0.4, 0.5) is 10.5 Å². The van der Waals surface area contributed by atoms with E-state index in [0.717, 1.165) is 11.1 Å². The molecule has 21 heavy (non-hydrogen) atoms. The van der Waals surface area contributed by atoms with E-state index in [2.05, 4.69) is 15.6 Å². The van der Waals surface area contributed by atoms with Crippen LogP contribution in [0.15, 0.2) is 42.6 Å². The molecular weight excluding hydrogens is 266 g/mol. The minimum Gasteiger partial charge on any atom is -0.476 e. The Bertz CT molecular complexity index is 614. The van der Waals surface area contributed by atoms with E-state index in [0.29, 0.717) is 24.7 Å². The van der Waals surface area contributed by atoms with Gasteiger partial charge in [-0.1, -0.05) is 24.3 Å². The molecule has 0 saturated heterocycles. The number of hydrogen-bond acceptors (Lipinski definition) is 3. The van der Waals surface area contributed by atoms with Crippen LogP contribution in [-0.4, -0.2) is 17.6 Å². The number of ether oxygens (including phenoxy) is 1. The molecule has 0 saturated carbocycles. The van der Waals surface area contributed by atoms with E-state index in [9.17, 15) is 4.79 Å². The fourth-order valence-electron chi connectivity index (χ4n) is 1.89. The molecule has 5 nitrogen and oxygen atoms in total. The van der Waals surface area contributed by atoms with Gasteiger partial charge in [-0.2, -0.15) is 0 Å². The van der Waals surface area contributed by atoms with Crippen LogP contribution >= 0.6 is 0 Å². The number of hydrogen-bond donors (Lipinski definition) is 2. The largest absolute Gasteiger partial charge is 0.476 e. The first-order chi connectivity index (χ1) is 10.2. The van der Waals surface area contributed by atoms with Crippen LogP contribution in [0.1, 0.15) is 18.1 Å². The number of benzene rings is 1. The molecule has 0 atom stereocenters. The lowest BCUT2D eigenvalue weighted by Gasteiger charge is -2.11. The normalized spacial score (nSPS) is 10.0. The Morgan fingerprint density at radius 1 is 1.24 bits per heavy atom. The number of nitrogens with one attached hydrogen (secondary N) is 2. The molecule has 2 amide bonds. The van der Waals surface area contributed by atoms with Crippen LogP contribution in [0.5, 0.6) is 5.88 Å². The summed E-state index contributed by atoms with van der Waals surface area (Å²) in [6.45, 7) is 4.86. The standard InChI is InChI=1S/C16H19N3O2/c1-3-21-15-14(9-6-10-17-15)19-16(20)18-11-13-8-5-4-7-12(13)2/h4-10H,3,11H2,1-2H3,(H2,18,19,20). The van der Waals surface area contributed by atoms with Gasteiger partial charge >= 0.3 is 6.03 Å². The minimum absolute atomic E-state index is 0.285. The van der Waals surface area contributed by atoms with Crippen molar-refractivity contribution < 1.29 is 9.53 Å². The first kappa shape index (κ1) is 14.8. The molecule has 2 aromatic rings. The molecule has 2 N–H and O–H groups in total. The highest BCUT2D eigenvalue weighted by Crippen LogP contribution is 2.20. The quantitative estimate of drug-likeness (QED) is 0.887. The van der Waals surface area contributed by atoms with E-state index in [1.54, 1.807) is 18.3 Å². The molecule has 1 aromatic carbocycles. The third kappa shape index (κ3) is 4.21. The molecule has 0 aliphatic heterocycles. The predicted molar refractivity (Wildman–Crippen MR) is 82.4 cm³/mol. The summed E-state index contributed by atoms with van der Waals surface area (Å²) >= 11 is 0. The Hall–Kier alpha value is -2.56. The number of carbonyl (C=O) groups is 1. The number of amides is 2. The van der Waals surface area contributed by atoms with E-state index >= 15 is 0 Å². The van der Waals surface area contributed by atoms with Gasteiger partial charge in [0.25, 0.3) is 0 Å². The molecule has 0 unspecified atom stereocenters. The minimum atomic E-state index is -0.285. The SMILES string of the molecule is CCOc1ncccc1NC(=O)NCc1ccccc1C. The Morgan fingerprint density at radius 3 is 2.81 bits per heavy atom. The van der Waals surface area contributed by atoms with E-state index in [-0.39, 0.29) is 6.03 Å². The molecule has 2 rings (SSSR count). The number of pyridine rings is 1. The molecular formula is C16H19N3O2. The summed E-state index contributed by atoms with van der Waals surface area (Å²) in [6, 6.07) is 11.2. The number of carbonyl (C=O) groups excluding carboxylic acids is 1. The topological polar surface area (TPSA) is 63.2 Å². The maximum absolute atomic E-state index is 11.9. The smallest absolute Gasteiger partial charge is 0.319 e. The Labute approximate surface area is 124 Å². The van der Waals surface area contributed by atoms with E-state index in [1.165, 1.54) is 0 Å². The van der Waals surface area contributed by atoms with Gasteiger partial charge in [-0.3, -0.25) is 0 Å². The van der Waals surface area contributed by atoms with Crippen molar-refractivity contribution in [3.05, 3.63) is 53.7 Å². The van der Waals surface area contributed by atoms with Gasteiger partial charge in [0.15, 0.2) is 0 Å². The van der Waals surface area contributed by atoms with Crippen molar-refractivity contribution in [1.29, 1.82) is 0 Å². The summed E-state index contributed by atoms with van der Waals surface area (Å²) in [5, 5.41) is 5.57. The lowest BCUT2D eigenvalue weighted by molar-refractivity contribution is 0.251. The molecule has 0 fully saturated rings. The van der Waals surface area contributed by atoms with Gasteiger partial charge in [-0.15, -0.1) is 0 Å². The van der Waals surface area contributed by atoms with Crippen LogP contribution in [0.25, 0.3) is 0 Å². The summed E-state index contributed by atoms with van der Waals surface area (Å²) in [5.41, 5.74) is 2.79. The lowest BCUT2D eigenvalue weighted by atomic mass is 10.1. The number of rotatable bonds is 5. The summed E-state index contributed by atoms with van der Waals surface area (Å²) in [6.07, 6.45) is 1.63. The molecule has 1 aromatic heterocycles. The molecule has 110 valence electrons. The first-order valence-electron chi connectivity index (χ1n) is 6.88. The van der Waals surface area contributed by atoms with Gasteiger partial charge in [0.2, 0.25) is 5.88 Å². The van der Waals surface area contributed by atoms with Gasteiger partial charge in [0.1, 0.15) is 5.69 Å². The van der Waals surface area contributed by atoms with Crippen molar-refractivity contribution in [3.8, 4) is 5.88 Å². The van der Waals surface area contributed by atoms with Gasteiger partial charge in [-0.05, 0) is 37.1 Å². The Morgan fingerprint density at radius 2 is 2.05 bits per heavy atom. The number of nitrogens with zero attached hydrogens (tertiary/aromatic N) is 1. The van der Waals surface area contributed by atoms with Crippen molar-refractivity contribution in [2.24, 2.45) is 0 Å². The first-order valence-corrected chi connectivity index (χ1v) is 6.88. The lowest BCUT2D eigenvalue weighted by Crippen LogP contribution is -2.28. The number of aryl methyl sites for hydroxylation is 1. The zero-order valence-electron chi connectivity index (χ0n) is 12.2. The average Bonchev–Trinajstić information content (AvgIpc) is 2.49. The van der Waals surface area contributed by atoms with Crippen molar-refractivity contribution in [2.45, 2.75) is 20.4 Å². The van der Waals surface area contributed by atoms with Crippen molar-refractivity contribution in [1.82, 2.24) is 10.3 Å². The molecule has 1 heterocycles. The monoisotopic (exact) mass is 285 g/mol. The van der Waals surface area contributed by atoms with Gasteiger partial charge in [0, 0.05) is 12.7 Å². The van der Waals surface area contributed by atoms with Crippen LogP contribution in [0, 0.1) is 6.92 Å². The maximum Gasteiger partial charge on any atom is 0.319 e. The average molecular weight is 285 g/mol. The van der Waals surface area contributed by atoms with Gasteiger partial charge in [-0.25, -0.2) is 9.78 Å². The highest BCUT2D eigenvalue weighted by atomic mass is 16.5. The fourth-order valence-corrected chi connectivity index (χ4v) is 1.89. The highest BCUT2D eigenvalue weighted by molar-refractivity contribution is 5.90. The van der Waals surface area contributed by atoms with Crippen molar-refractivity contribution in [2.75, 3.05) is 11.9 Å². The van der Waals surface area contributed by atoms with Gasteiger partial charge < -0.3 is 15.4 Å². The van der Waals surface area contributed by atoms with E-state index < -0.39 is 0 Å². The van der Waals surface area contributed by atoms with Crippen molar-refractivity contribution >= 4 is 11.7 Å². The summed E-state index contributed by atoms with van der Waals surface area (Å²) in [5.74, 6) is 0.422. The Balaban J connectivity index is 1.95. The molecule has 5 heteroatoms. The Kier molecular flexibility index (Phi) is 5.15. The fraction of sp³-hybridized carbons (Fsp3) is 0.250. The molecule has 0 aliphatic carbocycles. The summed E-state index contributed by atoms with van der Waals surface area (Å²) < 4.78 is 5.37. The second-order valence-corrected chi connectivity index (χ2v) is 4.52. The molecule has 0 bridgehead atoms. The molecule has 0 aliphatic rings. The van der Waals surface area contributed by atoms with Crippen LogP contribution in [0.2, 0.25) is 0 Å². The summed E-state index contributed by atoms with van der Waals surface area (Å²) in [7, 11) is 0. The van der Waals surface area contributed by atoms with Crippen LogP contribution < -0.4 is 15.4 Å². The van der Waals surface area contributed by atoms with Crippen LogP contribution in [0.3, 0.4) is 0 Å². The zero-order chi connectivity index (χ0) is 15.1. The number of urea groups is 1. The second kappa shape index (κ2) is 7.28. The number of aromatic nitrogens is 1. The van der Waals surface area contributed by atoms with E-state index in [1.807, 2.05) is 38.1 Å². The van der Waals surface area contributed by atoms with Crippen LogP contribution in [-0.2, 0) is 6.54 Å². The molecule has 0 radical (unpaired) electrons. The maximum atomic E-state index is 11.9. The second-order valence-electron chi connectivity index (χ2n) is 4.52. The summed E-state index contributed by atoms with van der Waals surface area (Å²) in [4.78, 5) is 16.0. The van der Waals surface area contributed by atoms with E-state index in [4.69, 9.17) is 4.74 Å². The molecule has 0 spiro atoms. The highest BCUT2D eigenvalue weighted by Gasteiger charge is 2.08. The van der Waals surface area contributed by atoms with Gasteiger partial charge in [0.05, 0.1) is 6.61 Å².